The van der Waals surface area contributed by atoms with Crippen LogP contribution in [0.3, 0.4) is 0 Å². The van der Waals surface area contributed by atoms with Gasteiger partial charge in [-0.05, 0) is 19.3 Å². The minimum Gasteiger partial charge on any atom is -0.466 e. The van der Waals surface area contributed by atoms with Crippen molar-refractivity contribution in [1.82, 2.24) is 0 Å². The normalized spacial score (nSPS) is 10.0. The largest absolute Gasteiger partial charge is 0.466 e. The molecule has 0 rings (SSSR count). The number of halogens is 1. The zero-order chi connectivity index (χ0) is 11.5. The van der Waals surface area contributed by atoms with Crippen LogP contribution in [0.5, 0.6) is 0 Å². The number of rotatable bonds is 9. The van der Waals surface area contributed by atoms with E-state index in [9.17, 15) is 9.59 Å². The second kappa shape index (κ2) is 10.1. The molecule has 3 nitrogen and oxygen atoms in total. The molecule has 0 bridgehead atoms. The molecule has 0 aliphatic carbocycles. The molecule has 0 N–H and O–H groups in total. The van der Waals surface area contributed by atoms with E-state index in [0.717, 1.165) is 25.7 Å². The van der Waals surface area contributed by atoms with E-state index in [2.05, 4.69) is 22.9 Å². The fourth-order valence-corrected chi connectivity index (χ4v) is 1.34. The van der Waals surface area contributed by atoms with Crippen molar-refractivity contribution in [2.75, 3.05) is 11.9 Å². The van der Waals surface area contributed by atoms with Crippen LogP contribution in [0.4, 0.5) is 0 Å². The summed E-state index contributed by atoms with van der Waals surface area (Å²) in [6.07, 6.45) is 4.45. The zero-order valence-electron chi connectivity index (χ0n) is 9.26. The molecule has 0 aromatic carbocycles. The van der Waals surface area contributed by atoms with Crippen LogP contribution < -0.4 is 0 Å². The number of hydrogen-bond donors (Lipinski definition) is 0. The maximum Gasteiger partial charge on any atom is 0.305 e. The number of esters is 1. The first-order valence-corrected chi connectivity index (χ1v) is 6.56. The third-order valence-electron chi connectivity index (χ3n) is 2.00. The van der Waals surface area contributed by atoms with Crippen molar-refractivity contribution in [2.45, 2.75) is 45.4 Å². The van der Waals surface area contributed by atoms with Crippen molar-refractivity contribution in [2.24, 2.45) is 0 Å². The molecule has 0 saturated carbocycles. The Morgan fingerprint density at radius 2 is 1.80 bits per heavy atom. The van der Waals surface area contributed by atoms with Crippen LogP contribution >= 0.6 is 15.9 Å². The first kappa shape index (κ1) is 14.6. The van der Waals surface area contributed by atoms with Gasteiger partial charge in [0.25, 0.3) is 0 Å². The molecule has 0 aliphatic rings. The molecule has 88 valence electrons. The minimum atomic E-state index is -0.144. The number of hydrogen-bond acceptors (Lipinski definition) is 3. The monoisotopic (exact) mass is 278 g/mol. The predicted molar refractivity (Wildman–Crippen MR) is 63.1 cm³/mol. The van der Waals surface area contributed by atoms with Crippen molar-refractivity contribution < 1.29 is 14.3 Å². The summed E-state index contributed by atoms with van der Waals surface area (Å²) in [5.74, 6) is 0.0455. The number of Topliss-reactive ketones (excluding diaryl/α,β-unsaturated/α-hetero) is 1. The van der Waals surface area contributed by atoms with Crippen molar-refractivity contribution in [3.8, 4) is 0 Å². The summed E-state index contributed by atoms with van der Waals surface area (Å²) in [5.41, 5.74) is 0. The van der Waals surface area contributed by atoms with Crippen LogP contribution in [0, 0.1) is 0 Å². The van der Waals surface area contributed by atoms with Gasteiger partial charge in [-0.25, -0.2) is 0 Å². The summed E-state index contributed by atoms with van der Waals surface area (Å²) in [6, 6.07) is 0. The van der Waals surface area contributed by atoms with Crippen molar-refractivity contribution in [3.05, 3.63) is 0 Å². The van der Waals surface area contributed by atoms with Gasteiger partial charge in [0.2, 0.25) is 0 Å². The minimum absolute atomic E-state index is 0.144. The first-order chi connectivity index (χ1) is 7.20. The van der Waals surface area contributed by atoms with E-state index in [1.54, 1.807) is 0 Å². The van der Waals surface area contributed by atoms with Crippen LogP contribution in [0.15, 0.2) is 0 Å². The van der Waals surface area contributed by atoms with Gasteiger partial charge in [-0.1, -0.05) is 29.3 Å². The Balaban J connectivity index is 3.27. The Morgan fingerprint density at radius 3 is 2.40 bits per heavy atom. The molecule has 15 heavy (non-hydrogen) atoms. The van der Waals surface area contributed by atoms with Crippen LogP contribution in [0.25, 0.3) is 0 Å². The maximum atomic E-state index is 11.1. The van der Waals surface area contributed by atoms with Gasteiger partial charge < -0.3 is 4.74 Å². The molecule has 0 heterocycles. The summed E-state index contributed by atoms with van der Waals surface area (Å²) in [7, 11) is 0. The fourth-order valence-electron chi connectivity index (χ4n) is 1.06. The molecule has 0 spiro atoms. The Morgan fingerprint density at radius 1 is 1.13 bits per heavy atom. The average molecular weight is 279 g/mol. The number of carbonyl (C=O) groups excluding carboxylic acids is 2. The second-order valence-electron chi connectivity index (χ2n) is 3.45. The molecular weight excluding hydrogens is 260 g/mol. The molecule has 0 unspecified atom stereocenters. The molecule has 0 aromatic heterocycles. The maximum absolute atomic E-state index is 11.1. The van der Waals surface area contributed by atoms with E-state index >= 15 is 0 Å². The number of unbranched alkanes of at least 4 members (excludes halogenated alkanes) is 2. The van der Waals surface area contributed by atoms with Gasteiger partial charge in [0.1, 0.15) is 5.78 Å². The third-order valence-corrected chi connectivity index (χ3v) is 2.62. The molecule has 0 fully saturated rings. The van der Waals surface area contributed by atoms with E-state index in [1.807, 2.05) is 0 Å². The highest BCUT2D eigenvalue weighted by molar-refractivity contribution is 9.09. The molecular formula is C11H19BrO3. The van der Waals surface area contributed by atoms with Crippen molar-refractivity contribution in [3.63, 3.8) is 0 Å². The van der Waals surface area contributed by atoms with E-state index in [-0.39, 0.29) is 11.8 Å². The summed E-state index contributed by atoms with van der Waals surface area (Å²) in [5, 5.41) is 0.411. The van der Waals surface area contributed by atoms with E-state index in [1.165, 1.54) is 0 Å². The summed E-state index contributed by atoms with van der Waals surface area (Å²) in [6.45, 7) is 2.58. The lowest BCUT2D eigenvalue weighted by atomic mass is 10.1. The SMILES string of the molecule is CCCCOC(=O)CCCCC(=O)CBr. The molecule has 0 radical (unpaired) electrons. The smallest absolute Gasteiger partial charge is 0.305 e. The second-order valence-corrected chi connectivity index (χ2v) is 4.01. The molecule has 0 aromatic rings. The van der Waals surface area contributed by atoms with Gasteiger partial charge in [-0.15, -0.1) is 0 Å². The van der Waals surface area contributed by atoms with Gasteiger partial charge in [0.05, 0.1) is 11.9 Å². The Hall–Kier alpha value is -0.380. The topological polar surface area (TPSA) is 43.4 Å². The summed E-state index contributed by atoms with van der Waals surface area (Å²) < 4.78 is 4.98. The number of ether oxygens (including phenoxy) is 1. The fraction of sp³-hybridized carbons (Fsp3) is 0.818. The van der Waals surface area contributed by atoms with Crippen LogP contribution in [0.2, 0.25) is 0 Å². The van der Waals surface area contributed by atoms with Crippen LogP contribution in [-0.4, -0.2) is 23.7 Å². The van der Waals surface area contributed by atoms with Gasteiger partial charge in [0, 0.05) is 12.8 Å². The van der Waals surface area contributed by atoms with Gasteiger partial charge in [-0.3, -0.25) is 9.59 Å². The summed E-state index contributed by atoms with van der Waals surface area (Å²) >= 11 is 3.10. The van der Waals surface area contributed by atoms with E-state index in [0.29, 0.717) is 24.8 Å². The quantitative estimate of drug-likeness (QED) is 0.370. The highest BCUT2D eigenvalue weighted by Gasteiger charge is 2.03. The zero-order valence-corrected chi connectivity index (χ0v) is 10.8. The Bertz CT molecular complexity index is 192. The third kappa shape index (κ3) is 9.91. The standard InChI is InChI=1S/C11H19BrO3/c1-2-3-8-15-11(14)7-5-4-6-10(13)9-12/h2-9H2,1H3. The van der Waals surface area contributed by atoms with Gasteiger partial charge in [-0.2, -0.15) is 0 Å². The Kier molecular flexibility index (Phi) is 9.89. The molecule has 0 aliphatic heterocycles. The first-order valence-electron chi connectivity index (χ1n) is 5.44. The average Bonchev–Trinajstić information content (AvgIpc) is 2.24. The summed E-state index contributed by atoms with van der Waals surface area (Å²) in [4.78, 5) is 22.0. The highest BCUT2D eigenvalue weighted by atomic mass is 79.9. The van der Waals surface area contributed by atoms with E-state index < -0.39 is 0 Å². The molecule has 4 heteroatoms. The van der Waals surface area contributed by atoms with Gasteiger partial charge in [0.15, 0.2) is 0 Å². The van der Waals surface area contributed by atoms with Crippen molar-refractivity contribution >= 4 is 27.7 Å². The number of alkyl halides is 1. The predicted octanol–water partition coefficient (Wildman–Crippen LogP) is 2.85. The van der Waals surface area contributed by atoms with Gasteiger partial charge >= 0.3 is 5.97 Å². The van der Waals surface area contributed by atoms with Crippen LogP contribution in [-0.2, 0) is 14.3 Å². The van der Waals surface area contributed by atoms with Crippen LogP contribution in [0.1, 0.15) is 45.4 Å². The molecule has 0 amide bonds. The highest BCUT2D eigenvalue weighted by Crippen LogP contribution is 2.03. The Labute approximate surface area is 99.7 Å². The lowest BCUT2D eigenvalue weighted by Crippen LogP contribution is -2.06. The lowest BCUT2D eigenvalue weighted by Gasteiger charge is -2.03. The number of ketones is 1. The number of carbonyl (C=O) groups is 2. The molecule has 0 atom stereocenters. The lowest BCUT2D eigenvalue weighted by molar-refractivity contribution is -0.144. The molecule has 0 saturated heterocycles. The van der Waals surface area contributed by atoms with E-state index in [4.69, 9.17) is 4.74 Å². The van der Waals surface area contributed by atoms with Crippen molar-refractivity contribution in [1.29, 1.82) is 0 Å².